The number of nitro groups is 2. The number of unbranched alkanes of at least 4 members (excludes halogenated alkanes) is 5. The van der Waals surface area contributed by atoms with E-state index in [9.17, 15) is 25.3 Å². The first-order valence-corrected chi connectivity index (χ1v) is 7.12. The topological polar surface area (TPSA) is 107 Å². The van der Waals surface area contributed by atoms with Gasteiger partial charge in [0.15, 0.2) is 0 Å². The third-order valence-corrected chi connectivity index (χ3v) is 3.34. The molecule has 0 bridgehead atoms. The lowest BCUT2D eigenvalue weighted by atomic mass is 10.0. The van der Waals surface area contributed by atoms with Crippen LogP contribution in [0.2, 0.25) is 0 Å². The van der Waals surface area contributed by atoms with Crippen LogP contribution in [0.4, 0.5) is 11.4 Å². The van der Waals surface area contributed by atoms with Crippen molar-refractivity contribution >= 4 is 11.4 Å². The molecule has 0 aliphatic rings. The van der Waals surface area contributed by atoms with Gasteiger partial charge in [-0.3, -0.25) is 20.2 Å². The maximum Gasteiger partial charge on any atom is 0.318 e. The second kappa shape index (κ2) is 8.18. The Balaban J connectivity index is 2.74. The molecular formula is C14H20N2O5. The second-order valence-corrected chi connectivity index (χ2v) is 5.01. The van der Waals surface area contributed by atoms with Crippen LogP contribution in [0, 0.1) is 20.2 Å². The molecule has 0 saturated carbocycles. The Morgan fingerprint density at radius 2 is 1.43 bits per heavy atom. The fourth-order valence-corrected chi connectivity index (χ4v) is 2.19. The Morgan fingerprint density at radius 1 is 0.952 bits per heavy atom. The summed E-state index contributed by atoms with van der Waals surface area (Å²) < 4.78 is 0. The summed E-state index contributed by atoms with van der Waals surface area (Å²) in [4.78, 5) is 20.0. The minimum Gasteiger partial charge on any atom is -0.497 e. The van der Waals surface area contributed by atoms with E-state index in [-0.39, 0.29) is 0 Å². The van der Waals surface area contributed by atoms with Gasteiger partial charge in [-0.1, -0.05) is 39.0 Å². The van der Waals surface area contributed by atoms with E-state index in [1.165, 1.54) is 18.6 Å². The highest BCUT2D eigenvalue weighted by Crippen LogP contribution is 2.37. The number of nitro benzene ring substituents is 2. The summed E-state index contributed by atoms with van der Waals surface area (Å²) in [7, 11) is 0. The molecule has 0 unspecified atom stereocenters. The number of phenols is 1. The second-order valence-electron chi connectivity index (χ2n) is 5.01. The molecule has 7 heteroatoms. The molecule has 1 aromatic carbocycles. The molecule has 0 heterocycles. The van der Waals surface area contributed by atoms with Crippen molar-refractivity contribution in [1.29, 1.82) is 0 Å². The van der Waals surface area contributed by atoms with Crippen molar-refractivity contribution in [3.8, 4) is 5.75 Å². The molecule has 1 rings (SSSR count). The maximum absolute atomic E-state index is 10.8. The first-order valence-electron chi connectivity index (χ1n) is 7.12. The minimum atomic E-state index is -0.878. The number of hydrogen-bond donors (Lipinski definition) is 1. The summed E-state index contributed by atoms with van der Waals surface area (Å²) >= 11 is 0. The van der Waals surface area contributed by atoms with E-state index < -0.39 is 27.0 Å². The highest BCUT2D eigenvalue weighted by molar-refractivity contribution is 5.61. The first kappa shape index (κ1) is 16.9. The molecule has 0 amide bonds. The van der Waals surface area contributed by atoms with E-state index >= 15 is 0 Å². The summed E-state index contributed by atoms with van der Waals surface area (Å²) in [6.45, 7) is 2.13. The van der Waals surface area contributed by atoms with Crippen molar-refractivity contribution in [1.82, 2.24) is 0 Å². The quantitative estimate of drug-likeness (QED) is 0.419. The molecule has 0 radical (unpaired) electrons. The molecule has 0 aliphatic heterocycles. The highest BCUT2D eigenvalue weighted by atomic mass is 16.6. The standard InChI is InChI=1S/C14H20N2O5/c1-2-3-4-5-6-7-8-11-9-12(15(18)19)14(17)13(10-11)16(20)21/h9-10,17H,2-8H2,1H3. The third-order valence-electron chi connectivity index (χ3n) is 3.34. The number of rotatable bonds is 9. The number of hydrogen-bond acceptors (Lipinski definition) is 5. The van der Waals surface area contributed by atoms with Crippen LogP contribution in [0.1, 0.15) is 51.0 Å². The minimum absolute atomic E-state index is 0.515. The van der Waals surface area contributed by atoms with Crippen LogP contribution in [0.5, 0.6) is 5.75 Å². The van der Waals surface area contributed by atoms with E-state index in [0.717, 1.165) is 32.1 Å². The molecule has 116 valence electrons. The van der Waals surface area contributed by atoms with Crippen LogP contribution < -0.4 is 0 Å². The van der Waals surface area contributed by atoms with Crippen LogP contribution in [0.15, 0.2) is 12.1 Å². The van der Waals surface area contributed by atoms with E-state index in [2.05, 4.69) is 6.92 Å². The number of nitrogens with zero attached hydrogens (tertiary/aromatic N) is 2. The largest absolute Gasteiger partial charge is 0.497 e. The average molecular weight is 296 g/mol. The molecule has 0 fully saturated rings. The molecule has 1 N–H and O–H groups in total. The van der Waals surface area contributed by atoms with Gasteiger partial charge in [-0.25, -0.2) is 0 Å². The number of aromatic hydroxyl groups is 1. The van der Waals surface area contributed by atoms with Crippen molar-refractivity contribution in [2.24, 2.45) is 0 Å². The Labute approximate surface area is 122 Å². The molecule has 0 atom stereocenters. The van der Waals surface area contributed by atoms with Gasteiger partial charge in [-0.15, -0.1) is 0 Å². The number of phenolic OH excluding ortho intramolecular Hbond substituents is 1. The van der Waals surface area contributed by atoms with Crippen LogP contribution >= 0.6 is 0 Å². The van der Waals surface area contributed by atoms with Gasteiger partial charge in [0.1, 0.15) is 0 Å². The lowest BCUT2D eigenvalue weighted by molar-refractivity contribution is -0.396. The maximum atomic E-state index is 10.8. The van der Waals surface area contributed by atoms with Gasteiger partial charge in [-0.2, -0.15) is 0 Å². The SMILES string of the molecule is CCCCCCCCc1cc([N+](=O)[O-])c(O)c([N+](=O)[O-])c1. The van der Waals surface area contributed by atoms with Gasteiger partial charge in [-0.05, 0) is 18.4 Å². The summed E-state index contributed by atoms with van der Waals surface area (Å²) in [5.41, 5.74) is -0.697. The van der Waals surface area contributed by atoms with Gasteiger partial charge in [0.2, 0.25) is 0 Å². The van der Waals surface area contributed by atoms with Gasteiger partial charge in [0.05, 0.1) is 9.85 Å². The summed E-state index contributed by atoms with van der Waals surface area (Å²) in [5.74, 6) is -0.878. The first-order chi connectivity index (χ1) is 9.97. The van der Waals surface area contributed by atoms with Crippen molar-refractivity contribution in [3.63, 3.8) is 0 Å². The Hall–Kier alpha value is -2.18. The molecule has 0 spiro atoms. The van der Waals surface area contributed by atoms with Crippen molar-refractivity contribution in [2.75, 3.05) is 0 Å². The fourth-order valence-electron chi connectivity index (χ4n) is 2.19. The van der Waals surface area contributed by atoms with Crippen LogP contribution in [-0.2, 0) is 6.42 Å². The Bertz CT molecular complexity index is 481. The molecule has 0 aliphatic carbocycles. The molecule has 21 heavy (non-hydrogen) atoms. The summed E-state index contributed by atoms with van der Waals surface area (Å²) in [6, 6.07) is 2.43. The predicted molar refractivity (Wildman–Crippen MR) is 78.5 cm³/mol. The lowest BCUT2D eigenvalue weighted by Crippen LogP contribution is -1.97. The number of aryl methyl sites for hydroxylation is 1. The molecule has 0 aromatic heterocycles. The van der Waals surface area contributed by atoms with Crippen LogP contribution in [0.25, 0.3) is 0 Å². The van der Waals surface area contributed by atoms with Crippen molar-refractivity contribution in [2.45, 2.75) is 51.9 Å². The van der Waals surface area contributed by atoms with E-state index in [0.29, 0.717) is 12.0 Å². The summed E-state index contributed by atoms with van der Waals surface area (Å²) in [6.07, 6.45) is 6.95. The lowest BCUT2D eigenvalue weighted by Gasteiger charge is -2.04. The zero-order chi connectivity index (χ0) is 15.8. The van der Waals surface area contributed by atoms with Gasteiger partial charge < -0.3 is 5.11 Å². The van der Waals surface area contributed by atoms with Crippen LogP contribution in [0.3, 0.4) is 0 Å². The zero-order valence-corrected chi connectivity index (χ0v) is 12.1. The Morgan fingerprint density at radius 3 is 1.90 bits per heavy atom. The number of benzene rings is 1. The molecule has 7 nitrogen and oxygen atoms in total. The smallest absolute Gasteiger partial charge is 0.318 e. The predicted octanol–water partition coefficient (Wildman–Crippen LogP) is 4.11. The van der Waals surface area contributed by atoms with Gasteiger partial charge in [0, 0.05) is 12.1 Å². The van der Waals surface area contributed by atoms with Crippen molar-refractivity contribution < 1.29 is 15.0 Å². The monoisotopic (exact) mass is 296 g/mol. The zero-order valence-electron chi connectivity index (χ0n) is 12.1. The van der Waals surface area contributed by atoms with Gasteiger partial charge in [0.25, 0.3) is 5.75 Å². The molecular weight excluding hydrogens is 276 g/mol. The van der Waals surface area contributed by atoms with E-state index in [1.807, 2.05) is 0 Å². The fraction of sp³-hybridized carbons (Fsp3) is 0.571. The average Bonchev–Trinajstić information content (AvgIpc) is 2.43. The third kappa shape index (κ3) is 5.02. The normalized spacial score (nSPS) is 10.5. The Kier molecular flexibility index (Phi) is 6.58. The molecule has 1 aromatic rings. The molecule has 0 saturated heterocycles. The highest BCUT2D eigenvalue weighted by Gasteiger charge is 2.25. The van der Waals surface area contributed by atoms with E-state index in [4.69, 9.17) is 0 Å². The van der Waals surface area contributed by atoms with Gasteiger partial charge >= 0.3 is 11.4 Å². The van der Waals surface area contributed by atoms with E-state index in [1.54, 1.807) is 0 Å². The van der Waals surface area contributed by atoms with Crippen molar-refractivity contribution in [3.05, 3.63) is 37.9 Å². The van der Waals surface area contributed by atoms with Crippen LogP contribution in [-0.4, -0.2) is 15.0 Å². The summed E-state index contributed by atoms with van der Waals surface area (Å²) in [5, 5.41) is 31.2.